The van der Waals surface area contributed by atoms with E-state index >= 15 is 0 Å². The van der Waals surface area contributed by atoms with Crippen LogP contribution in [0.3, 0.4) is 0 Å². The number of benzene rings is 3. The first kappa shape index (κ1) is 24.9. The van der Waals surface area contributed by atoms with E-state index in [0.29, 0.717) is 28.2 Å². The Balaban J connectivity index is 1.37. The summed E-state index contributed by atoms with van der Waals surface area (Å²) < 4.78 is 38.4. The molecular formula is C29H26O10. The minimum Gasteiger partial charge on any atom is -0.493 e. The molecule has 10 nitrogen and oxygen atoms in total. The Kier molecular flexibility index (Phi) is 6.40. The van der Waals surface area contributed by atoms with Crippen LogP contribution in [-0.2, 0) is 20.9 Å². The maximum Gasteiger partial charge on any atom is 0.514 e. The molecule has 2 aliphatic heterocycles. The van der Waals surface area contributed by atoms with Crippen molar-refractivity contribution in [1.29, 1.82) is 0 Å². The van der Waals surface area contributed by atoms with Crippen LogP contribution in [0.5, 0.6) is 28.7 Å². The van der Waals surface area contributed by atoms with Crippen molar-refractivity contribution in [3.8, 4) is 28.7 Å². The normalized spacial score (nSPS) is 22.4. The van der Waals surface area contributed by atoms with Crippen LogP contribution in [0, 0.1) is 11.8 Å². The lowest BCUT2D eigenvalue weighted by Crippen LogP contribution is -2.34. The molecule has 0 bridgehead atoms. The van der Waals surface area contributed by atoms with Crippen LogP contribution < -0.4 is 23.7 Å². The number of ether oxygens (including phenoxy) is 7. The molecule has 202 valence electrons. The molecule has 0 amide bonds. The van der Waals surface area contributed by atoms with Crippen molar-refractivity contribution in [3.05, 3.63) is 76.9 Å². The predicted octanol–water partition coefficient (Wildman–Crippen LogP) is 4.12. The van der Waals surface area contributed by atoms with E-state index in [1.54, 1.807) is 24.3 Å². The molecule has 4 atom stereocenters. The van der Waals surface area contributed by atoms with E-state index < -0.39 is 36.0 Å². The third kappa shape index (κ3) is 4.36. The molecule has 39 heavy (non-hydrogen) atoms. The van der Waals surface area contributed by atoms with Gasteiger partial charge in [-0.25, -0.2) is 4.79 Å². The molecule has 1 aliphatic carbocycles. The molecule has 0 spiro atoms. The standard InChI is InChI=1S/C29H26O10/c1-33-22-8-16(9-23(34-2)27(22)39-29(32)36-12-15-6-4-3-5-7-15)24-17-10-20-21(38-14-37-20)11-18(17)26(30)19-13-35-28(31)25(19)24/h3-11,19,24-26,30H,12-14H2,1-2H3/t19-,24-,25-,26-/m1/s1. The maximum atomic E-state index is 13.0. The fourth-order valence-corrected chi connectivity index (χ4v) is 5.54. The third-order valence-corrected chi connectivity index (χ3v) is 7.38. The number of aliphatic hydroxyl groups excluding tert-OH is 1. The topological polar surface area (TPSA) is 119 Å². The molecule has 6 rings (SSSR count). The molecular weight excluding hydrogens is 508 g/mol. The smallest absolute Gasteiger partial charge is 0.493 e. The zero-order valence-corrected chi connectivity index (χ0v) is 21.2. The van der Waals surface area contributed by atoms with E-state index in [2.05, 4.69) is 0 Å². The monoisotopic (exact) mass is 534 g/mol. The van der Waals surface area contributed by atoms with Crippen LogP contribution in [0.4, 0.5) is 4.79 Å². The van der Waals surface area contributed by atoms with Gasteiger partial charge >= 0.3 is 12.1 Å². The second-order valence-electron chi connectivity index (χ2n) is 9.46. The van der Waals surface area contributed by atoms with Gasteiger partial charge in [0.2, 0.25) is 12.5 Å². The number of fused-ring (bicyclic) bond motifs is 3. The summed E-state index contributed by atoms with van der Waals surface area (Å²) in [4.78, 5) is 25.5. The molecule has 3 aliphatic rings. The van der Waals surface area contributed by atoms with E-state index in [9.17, 15) is 14.7 Å². The summed E-state index contributed by atoms with van der Waals surface area (Å²) >= 11 is 0. The number of hydrogen-bond donors (Lipinski definition) is 1. The van der Waals surface area contributed by atoms with Gasteiger partial charge in [0.1, 0.15) is 6.61 Å². The van der Waals surface area contributed by atoms with Crippen molar-refractivity contribution in [1.82, 2.24) is 0 Å². The van der Waals surface area contributed by atoms with Crippen LogP contribution in [0.2, 0.25) is 0 Å². The van der Waals surface area contributed by atoms with Crippen LogP contribution >= 0.6 is 0 Å². The zero-order valence-electron chi connectivity index (χ0n) is 21.2. The molecule has 0 saturated carbocycles. The van der Waals surface area contributed by atoms with Gasteiger partial charge in [-0.3, -0.25) is 4.79 Å². The third-order valence-electron chi connectivity index (χ3n) is 7.38. The average Bonchev–Trinajstić information content (AvgIpc) is 3.58. The second kappa shape index (κ2) is 10.0. The minimum absolute atomic E-state index is 0.0326. The Morgan fingerprint density at radius 1 is 0.949 bits per heavy atom. The number of aliphatic hydroxyl groups is 1. The Morgan fingerprint density at radius 3 is 2.28 bits per heavy atom. The summed E-state index contributed by atoms with van der Waals surface area (Å²) in [6.07, 6.45) is -1.85. The highest BCUT2D eigenvalue weighted by atomic mass is 16.7. The lowest BCUT2D eigenvalue weighted by Gasteiger charge is -2.37. The SMILES string of the molecule is COc1cc([C@@H]2c3cc4c(cc3[C@@H](O)[C@@H]3COC(=O)[C@@H]23)OCO4)cc(OC)c1OC(=O)OCc1ccccc1. The second-order valence-corrected chi connectivity index (χ2v) is 9.46. The molecule has 10 heteroatoms. The number of methoxy groups -OCH3 is 2. The highest BCUT2D eigenvalue weighted by molar-refractivity contribution is 5.79. The lowest BCUT2D eigenvalue weighted by molar-refractivity contribution is -0.141. The molecule has 0 unspecified atom stereocenters. The zero-order chi connectivity index (χ0) is 27.1. The number of cyclic esters (lactones) is 1. The largest absolute Gasteiger partial charge is 0.514 e. The Bertz CT molecular complexity index is 1390. The molecule has 2 heterocycles. The molecule has 3 aromatic carbocycles. The van der Waals surface area contributed by atoms with Crippen LogP contribution in [0.1, 0.15) is 34.3 Å². The van der Waals surface area contributed by atoms with Crippen LogP contribution in [-0.4, -0.2) is 44.9 Å². The van der Waals surface area contributed by atoms with Crippen molar-refractivity contribution in [2.45, 2.75) is 18.6 Å². The first-order valence-electron chi connectivity index (χ1n) is 12.4. The first-order valence-corrected chi connectivity index (χ1v) is 12.4. The quantitative estimate of drug-likeness (QED) is 0.365. The van der Waals surface area contributed by atoms with Gasteiger partial charge in [0.15, 0.2) is 23.0 Å². The van der Waals surface area contributed by atoms with E-state index in [0.717, 1.165) is 5.56 Å². The van der Waals surface area contributed by atoms with Gasteiger partial charge < -0.3 is 38.3 Å². The molecule has 0 aromatic heterocycles. The van der Waals surface area contributed by atoms with Gasteiger partial charge in [0.05, 0.1) is 32.8 Å². The fourth-order valence-electron chi connectivity index (χ4n) is 5.54. The Hall–Kier alpha value is -4.44. The van der Waals surface area contributed by atoms with Crippen molar-refractivity contribution in [2.24, 2.45) is 11.8 Å². The summed E-state index contributed by atoms with van der Waals surface area (Å²) in [5.41, 5.74) is 2.79. The Morgan fingerprint density at radius 2 is 1.62 bits per heavy atom. The highest BCUT2D eigenvalue weighted by Crippen LogP contribution is 2.55. The van der Waals surface area contributed by atoms with Gasteiger partial charge in [-0.05, 0) is 46.5 Å². The van der Waals surface area contributed by atoms with Crippen LogP contribution in [0.15, 0.2) is 54.6 Å². The van der Waals surface area contributed by atoms with Gasteiger partial charge in [-0.1, -0.05) is 30.3 Å². The van der Waals surface area contributed by atoms with Crippen molar-refractivity contribution >= 4 is 12.1 Å². The summed E-state index contributed by atoms with van der Waals surface area (Å²) in [6, 6.07) is 16.1. The number of carbonyl (C=O) groups is 2. The molecule has 3 aromatic rings. The van der Waals surface area contributed by atoms with Gasteiger partial charge in [0, 0.05) is 11.8 Å². The van der Waals surface area contributed by atoms with E-state index in [-0.39, 0.29) is 37.3 Å². The molecule has 0 radical (unpaired) electrons. The minimum atomic E-state index is -0.929. The maximum absolute atomic E-state index is 13.0. The fraction of sp³-hybridized carbons (Fsp3) is 0.310. The van der Waals surface area contributed by atoms with Crippen LogP contribution in [0.25, 0.3) is 0 Å². The first-order chi connectivity index (χ1) is 19.0. The van der Waals surface area contributed by atoms with Crippen molar-refractivity contribution < 1.29 is 47.9 Å². The number of esters is 1. The number of hydrogen-bond acceptors (Lipinski definition) is 10. The highest BCUT2D eigenvalue weighted by Gasteiger charge is 2.52. The summed E-state index contributed by atoms with van der Waals surface area (Å²) in [5, 5.41) is 11.2. The van der Waals surface area contributed by atoms with Crippen molar-refractivity contribution in [2.75, 3.05) is 27.6 Å². The lowest BCUT2D eigenvalue weighted by atomic mass is 9.66. The van der Waals surface area contributed by atoms with E-state index in [1.165, 1.54) is 14.2 Å². The predicted molar refractivity (Wildman–Crippen MR) is 134 cm³/mol. The average molecular weight is 535 g/mol. The molecule has 1 saturated heterocycles. The molecule has 1 N–H and O–H groups in total. The summed E-state index contributed by atoms with van der Waals surface area (Å²) in [6.45, 7) is 0.199. The summed E-state index contributed by atoms with van der Waals surface area (Å²) in [7, 11) is 2.87. The number of rotatable bonds is 6. The van der Waals surface area contributed by atoms with Gasteiger partial charge in [-0.15, -0.1) is 0 Å². The number of carbonyl (C=O) groups excluding carboxylic acids is 2. The van der Waals surface area contributed by atoms with E-state index in [1.807, 2.05) is 30.3 Å². The van der Waals surface area contributed by atoms with E-state index in [4.69, 9.17) is 33.2 Å². The van der Waals surface area contributed by atoms with Gasteiger partial charge in [0.25, 0.3) is 0 Å². The van der Waals surface area contributed by atoms with Crippen molar-refractivity contribution in [3.63, 3.8) is 0 Å². The summed E-state index contributed by atoms with van der Waals surface area (Å²) in [5.74, 6) is -0.557. The van der Waals surface area contributed by atoms with Gasteiger partial charge in [-0.2, -0.15) is 0 Å². The molecule has 1 fully saturated rings. The Labute approximate surface area is 223 Å².